The number of rotatable bonds is 14. The SMILES string of the molecule is CC(C)[N-]C(C)[N-]C(C)C.CCC(CC(CC)[N-]CC(C)C)[N-]CC(C)C.[Co]. The topological polar surface area (TPSA) is 56.4 Å². The molecule has 1 radical (unpaired) electrons. The molecule has 28 heavy (non-hydrogen) atoms. The summed E-state index contributed by atoms with van der Waals surface area (Å²) in [6, 6.07) is 1.83. The molecular weight excluding hydrogens is 391 g/mol. The standard InChI is InChI=1S/C15H32N2.C8H18N2.Co/c1-7-14(16-10-12(3)4)9-15(8-2)17-11-13(5)6;1-6(2)9-8(5)10-7(3)4;/h12-15H,7-11H2,1-6H3;6-8H,1-5H3;/q2*-2;. The van der Waals surface area contributed by atoms with Crippen LogP contribution in [0.3, 0.4) is 0 Å². The van der Waals surface area contributed by atoms with Gasteiger partial charge in [0.1, 0.15) is 0 Å². The van der Waals surface area contributed by atoms with Crippen molar-refractivity contribution in [3.8, 4) is 0 Å². The van der Waals surface area contributed by atoms with Crippen LogP contribution in [0.1, 0.15) is 95.4 Å². The molecule has 175 valence electrons. The van der Waals surface area contributed by atoms with E-state index in [1.165, 1.54) is 0 Å². The largest absolute Gasteiger partial charge is 0.676 e. The molecular formula is C23H50CoN4-4. The minimum atomic E-state index is 0. The first-order valence-corrected chi connectivity index (χ1v) is 11.2. The molecule has 0 aliphatic carbocycles. The van der Waals surface area contributed by atoms with E-state index < -0.39 is 0 Å². The summed E-state index contributed by atoms with van der Waals surface area (Å²) in [4.78, 5) is 0. The van der Waals surface area contributed by atoms with Crippen LogP contribution in [-0.2, 0) is 16.8 Å². The molecule has 0 aromatic carbocycles. The van der Waals surface area contributed by atoms with Gasteiger partial charge in [0.15, 0.2) is 0 Å². The summed E-state index contributed by atoms with van der Waals surface area (Å²) >= 11 is 0. The van der Waals surface area contributed by atoms with Crippen molar-refractivity contribution in [3.05, 3.63) is 21.3 Å². The van der Waals surface area contributed by atoms with Crippen LogP contribution < -0.4 is 0 Å². The van der Waals surface area contributed by atoms with Gasteiger partial charge in [0.05, 0.1) is 0 Å². The Bertz CT molecular complexity index is 281. The van der Waals surface area contributed by atoms with E-state index in [0.29, 0.717) is 36.0 Å². The second kappa shape index (κ2) is 20.6. The predicted octanol–water partition coefficient (Wildman–Crippen LogP) is 7.89. The summed E-state index contributed by atoms with van der Waals surface area (Å²) in [5.74, 6) is 1.36. The number of hydrogen-bond acceptors (Lipinski definition) is 0. The van der Waals surface area contributed by atoms with Crippen molar-refractivity contribution < 1.29 is 16.8 Å². The van der Waals surface area contributed by atoms with Crippen LogP contribution in [0.15, 0.2) is 0 Å². The Morgan fingerprint density at radius 3 is 1.11 bits per heavy atom. The van der Waals surface area contributed by atoms with Crippen LogP contribution in [-0.4, -0.2) is 43.4 Å². The van der Waals surface area contributed by atoms with E-state index in [-0.39, 0.29) is 22.9 Å². The van der Waals surface area contributed by atoms with Crippen molar-refractivity contribution in [3.63, 3.8) is 0 Å². The molecule has 4 nitrogen and oxygen atoms in total. The van der Waals surface area contributed by atoms with E-state index >= 15 is 0 Å². The summed E-state index contributed by atoms with van der Waals surface area (Å²) in [5.41, 5.74) is 0. The van der Waals surface area contributed by atoms with Crippen LogP contribution in [0.25, 0.3) is 21.3 Å². The summed E-state index contributed by atoms with van der Waals surface area (Å²) in [5, 5.41) is 18.3. The van der Waals surface area contributed by atoms with Crippen molar-refractivity contribution in [1.29, 1.82) is 0 Å². The second-order valence-corrected chi connectivity index (χ2v) is 9.00. The smallest absolute Gasteiger partial charge is 0 e. The zero-order chi connectivity index (χ0) is 21.4. The van der Waals surface area contributed by atoms with Crippen LogP contribution >= 0.6 is 0 Å². The van der Waals surface area contributed by atoms with Gasteiger partial charge in [0.2, 0.25) is 0 Å². The minimum Gasteiger partial charge on any atom is -0.676 e. The van der Waals surface area contributed by atoms with E-state index in [4.69, 9.17) is 10.6 Å². The van der Waals surface area contributed by atoms with Gasteiger partial charge < -0.3 is 21.3 Å². The van der Waals surface area contributed by atoms with Crippen molar-refractivity contribution in [2.75, 3.05) is 13.1 Å². The van der Waals surface area contributed by atoms with Gasteiger partial charge in [-0.05, 0) is 0 Å². The first-order valence-electron chi connectivity index (χ1n) is 11.2. The summed E-state index contributed by atoms with van der Waals surface area (Å²) in [6.07, 6.45) is 3.62. The van der Waals surface area contributed by atoms with Gasteiger partial charge in [0.25, 0.3) is 0 Å². The molecule has 0 aromatic rings. The molecule has 0 fully saturated rings. The molecule has 0 heterocycles. The maximum Gasteiger partial charge on any atom is 0 e. The van der Waals surface area contributed by atoms with Crippen molar-refractivity contribution in [2.24, 2.45) is 11.8 Å². The van der Waals surface area contributed by atoms with E-state index in [2.05, 4.69) is 79.9 Å². The molecule has 0 saturated heterocycles. The van der Waals surface area contributed by atoms with Gasteiger partial charge in [-0.25, -0.2) is 6.17 Å². The third-order valence-corrected chi connectivity index (χ3v) is 3.97. The molecule has 0 spiro atoms. The van der Waals surface area contributed by atoms with E-state index in [1.54, 1.807) is 0 Å². The molecule has 0 amide bonds. The van der Waals surface area contributed by atoms with E-state index in [1.807, 2.05) is 6.92 Å². The molecule has 2 atom stereocenters. The van der Waals surface area contributed by atoms with Gasteiger partial charge in [-0.1, -0.05) is 100 Å². The maximum absolute atomic E-state index is 4.80. The van der Waals surface area contributed by atoms with Crippen LogP contribution in [0.5, 0.6) is 0 Å². The van der Waals surface area contributed by atoms with Crippen molar-refractivity contribution in [2.45, 2.75) is 126 Å². The Kier molecular flexibility index (Phi) is 24.3. The zero-order valence-corrected chi connectivity index (χ0v) is 21.7. The molecule has 0 rings (SSSR count). The van der Waals surface area contributed by atoms with Crippen LogP contribution in [0, 0.1) is 11.8 Å². The fraction of sp³-hybridized carbons (Fsp3) is 1.00. The quantitative estimate of drug-likeness (QED) is 0.263. The normalized spacial score (nSPS) is 13.7. The van der Waals surface area contributed by atoms with Gasteiger partial charge >= 0.3 is 0 Å². The van der Waals surface area contributed by atoms with E-state index in [0.717, 1.165) is 32.4 Å². The third kappa shape index (κ3) is 24.4. The summed E-state index contributed by atoms with van der Waals surface area (Å²) in [6.45, 7) is 25.7. The summed E-state index contributed by atoms with van der Waals surface area (Å²) < 4.78 is 0. The molecule has 0 bridgehead atoms. The Morgan fingerprint density at radius 1 is 0.571 bits per heavy atom. The predicted molar refractivity (Wildman–Crippen MR) is 125 cm³/mol. The molecule has 0 N–H and O–H groups in total. The molecule has 2 unspecified atom stereocenters. The fourth-order valence-corrected chi connectivity index (χ4v) is 2.68. The minimum absolute atomic E-state index is 0. The Balaban J connectivity index is -0.000000489. The first-order chi connectivity index (χ1) is 12.5. The fourth-order valence-electron chi connectivity index (χ4n) is 2.68. The first kappa shape index (κ1) is 33.0. The van der Waals surface area contributed by atoms with Crippen molar-refractivity contribution in [1.82, 2.24) is 0 Å². The van der Waals surface area contributed by atoms with Crippen LogP contribution in [0.4, 0.5) is 0 Å². The van der Waals surface area contributed by atoms with Gasteiger partial charge in [0, 0.05) is 16.8 Å². The molecule has 0 saturated carbocycles. The summed E-state index contributed by atoms with van der Waals surface area (Å²) in [7, 11) is 0. The average molecular weight is 442 g/mol. The van der Waals surface area contributed by atoms with Gasteiger partial charge in [-0.15, -0.1) is 44.2 Å². The maximum atomic E-state index is 4.80. The Morgan fingerprint density at radius 2 is 0.893 bits per heavy atom. The number of hydrogen-bond donors (Lipinski definition) is 0. The molecule has 5 heteroatoms. The monoisotopic (exact) mass is 441 g/mol. The number of nitrogens with zero attached hydrogens (tertiary/aromatic N) is 4. The third-order valence-electron chi connectivity index (χ3n) is 3.97. The van der Waals surface area contributed by atoms with Crippen molar-refractivity contribution >= 4 is 0 Å². The van der Waals surface area contributed by atoms with Crippen LogP contribution in [0.2, 0.25) is 0 Å². The molecule has 0 aliphatic rings. The second-order valence-electron chi connectivity index (χ2n) is 9.00. The average Bonchev–Trinajstić information content (AvgIpc) is 2.53. The molecule has 0 aliphatic heterocycles. The Hall–Kier alpha value is 0.346. The Labute approximate surface area is 188 Å². The van der Waals surface area contributed by atoms with Gasteiger partial charge in [-0.3, -0.25) is 0 Å². The molecule has 0 aromatic heterocycles. The van der Waals surface area contributed by atoms with Gasteiger partial charge in [-0.2, -0.15) is 0 Å². The van der Waals surface area contributed by atoms with E-state index in [9.17, 15) is 0 Å². The zero-order valence-electron chi connectivity index (χ0n) is 20.7.